The van der Waals surface area contributed by atoms with E-state index < -0.39 is 21.1 Å². The average Bonchev–Trinajstić information content (AvgIpc) is 1.22. The fourth-order valence-corrected chi connectivity index (χ4v) is 19.8. The van der Waals surface area contributed by atoms with E-state index >= 15 is 0 Å². The molecule has 12 aromatic rings. The smallest absolute Gasteiger partial charge is 0.245 e. The van der Waals surface area contributed by atoms with Gasteiger partial charge in [-0.05, 0) is 194 Å². The second kappa shape index (κ2) is 40.8. The summed E-state index contributed by atoms with van der Waals surface area (Å²) in [4.78, 5) is 129. The SMILES string of the molecule is CCCNC(=O)[C@@H]1CCN1c1cc(C(=O)CC[C@H](C)N(CC)CC)cc(-c2cnn3ccc(-c4cccs4)nc23)n1.CCN(CC)[C@@H](C)CCC(=O)c1cc(-c2cnn3ccc(-c4cccs4)nc23)nc(N2CC[C@H]2C(=O)N(C)C)c1.CCN(CC)[C@@H](C)CCC(=O)c1cc(-c2cnn3ccc(-c4cccs4)nc23)nc(N2CC[C@H]2C(=O)N2CC(S(C)(=O)=O)C2)c1. The van der Waals surface area contributed by atoms with Gasteiger partial charge in [-0.25, -0.2) is 51.9 Å². The van der Waals surface area contributed by atoms with Gasteiger partial charge in [0.2, 0.25) is 17.7 Å². The highest BCUT2D eigenvalue weighted by atomic mass is 32.2. The molecule has 126 heavy (non-hydrogen) atoms. The number of nitrogens with zero attached hydrogens (tertiary/aromatic N) is 20. The number of hydrogen-bond donors (Lipinski definition) is 1. The molecule has 4 fully saturated rings. The zero-order chi connectivity index (χ0) is 89.2. The number of fused-ring (bicyclic) bond motifs is 3. The van der Waals surface area contributed by atoms with Crippen molar-refractivity contribution in [1.29, 1.82) is 0 Å². The van der Waals surface area contributed by atoms with Crippen LogP contribution in [0, 0.1) is 0 Å². The molecule has 664 valence electrons. The third-order valence-electron chi connectivity index (χ3n) is 24.9. The number of thiophene rings is 3. The number of sulfone groups is 1. The van der Waals surface area contributed by atoms with Gasteiger partial charge in [0.05, 0.1) is 89.3 Å². The van der Waals surface area contributed by atoms with Crippen LogP contribution in [0.25, 0.3) is 82.4 Å². The summed E-state index contributed by atoms with van der Waals surface area (Å²) in [6, 6.07) is 28.8. The summed E-state index contributed by atoms with van der Waals surface area (Å²) in [5.41, 5.74) is 10.3. The number of aromatic nitrogens is 12. The molecule has 6 atom stereocenters. The van der Waals surface area contributed by atoms with Crippen molar-refractivity contribution in [3.63, 3.8) is 0 Å². The van der Waals surface area contributed by atoms with E-state index in [9.17, 15) is 37.2 Å². The molecule has 0 spiro atoms. The molecule has 4 aliphatic rings. The van der Waals surface area contributed by atoms with Gasteiger partial charge in [0, 0.05) is 132 Å². The number of Topliss-reactive ketones (excluding diaryl/α,β-unsaturated/α-hetero) is 3. The second-order valence-electron chi connectivity index (χ2n) is 33.0. The van der Waals surface area contributed by atoms with Gasteiger partial charge < -0.3 is 44.5 Å². The number of carbonyl (C=O) groups is 6. The Morgan fingerprint density at radius 3 is 1.10 bits per heavy atom. The Morgan fingerprint density at radius 2 is 0.802 bits per heavy atom. The molecule has 1 N–H and O–H groups in total. The molecule has 0 aliphatic carbocycles. The van der Waals surface area contributed by atoms with Crippen LogP contribution in [0.15, 0.2) is 144 Å². The number of carbonyl (C=O) groups excluding carboxylic acids is 6. The molecule has 0 saturated carbocycles. The maximum atomic E-state index is 13.7. The van der Waals surface area contributed by atoms with Gasteiger partial charge in [0.1, 0.15) is 35.6 Å². The molecule has 33 heteroatoms. The minimum absolute atomic E-state index is 0.00414. The van der Waals surface area contributed by atoms with Crippen molar-refractivity contribution >= 4 is 113 Å². The number of rotatable bonds is 36. The first-order valence-electron chi connectivity index (χ1n) is 44.1. The van der Waals surface area contributed by atoms with Crippen LogP contribution in [-0.4, -0.2) is 267 Å². The van der Waals surface area contributed by atoms with E-state index in [0.717, 1.165) is 121 Å². The fraction of sp³-hybridized carbons (Fsp3) is 0.452. The van der Waals surface area contributed by atoms with E-state index in [-0.39, 0.29) is 66.3 Å². The van der Waals surface area contributed by atoms with Crippen LogP contribution in [0.4, 0.5) is 17.5 Å². The second-order valence-corrected chi connectivity index (χ2v) is 38.1. The number of pyridine rings is 3. The maximum Gasteiger partial charge on any atom is 0.245 e. The predicted molar refractivity (Wildman–Crippen MR) is 501 cm³/mol. The third kappa shape index (κ3) is 20.4. The van der Waals surface area contributed by atoms with Gasteiger partial charge in [-0.3, -0.25) is 28.8 Å². The summed E-state index contributed by atoms with van der Waals surface area (Å²) in [5.74, 6) is 1.93. The number of hydrogen-bond acceptors (Lipinski definition) is 26. The molecular formula is C93H115N21O8S4. The lowest BCUT2D eigenvalue weighted by atomic mass is 9.98. The van der Waals surface area contributed by atoms with E-state index in [0.29, 0.717) is 138 Å². The van der Waals surface area contributed by atoms with Crippen molar-refractivity contribution < 1.29 is 37.2 Å². The van der Waals surface area contributed by atoms with Gasteiger partial charge in [0.15, 0.2) is 44.1 Å². The summed E-state index contributed by atoms with van der Waals surface area (Å²) in [6.45, 7) is 30.2. The highest BCUT2D eigenvalue weighted by Gasteiger charge is 2.45. The quantitative estimate of drug-likeness (QED) is 0.0357. The first-order valence-corrected chi connectivity index (χ1v) is 48.7. The van der Waals surface area contributed by atoms with Gasteiger partial charge >= 0.3 is 0 Å². The summed E-state index contributed by atoms with van der Waals surface area (Å²) in [6.07, 6.45) is 18.7. The van der Waals surface area contributed by atoms with Crippen molar-refractivity contribution in [2.75, 3.05) is 114 Å². The molecule has 29 nitrogen and oxygen atoms in total. The molecule has 0 aromatic carbocycles. The van der Waals surface area contributed by atoms with Gasteiger partial charge in [-0.15, -0.1) is 34.0 Å². The summed E-state index contributed by atoms with van der Waals surface area (Å²) in [5, 5.41) is 22.1. The van der Waals surface area contributed by atoms with Gasteiger partial charge in [-0.2, -0.15) is 15.3 Å². The number of anilines is 3. The molecule has 12 aromatic heterocycles. The molecule has 16 rings (SSSR count). The van der Waals surface area contributed by atoms with Crippen molar-refractivity contribution in [3.8, 4) is 65.5 Å². The molecule has 0 unspecified atom stereocenters. The Morgan fingerprint density at radius 1 is 0.460 bits per heavy atom. The van der Waals surface area contributed by atoms with Crippen LogP contribution in [-0.2, 0) is 24.2 Å². The highest BCUT2D eigenvalue weighted by molar-refractivity contribution is 7.91. The lowest BCUT2D eigenvalue weighted by molar-refractivity contribution is -0.137. The molecular weight excluding hydrogens is 1670 g/mol. The number of ketones is 3. The van der Waals surface area contributed by atoms with Crippen LogP contribution >= 0.6 is 34.0 Å². The fourth-order valence-electron chi connectivity index (χ4n) is 16.8. The Bertz CT molecular complexity index is 5940. The van der Waals surface area contributed by atoms with Crippen LogP contribution < -0.4 is 20.0 Å². The lowest BCUT2D eigenvalue weighted by Gasteiger charge is -2.47. The summed E-state index contributed by atoms with van der Waals surface area (Å²) in [7, 11) is 0.348. The van der Waals surface area contributed by atoms with Crippen LogP contribution in [0.5, 0.6) is 0 Å². The third-order valence-corrected chi connectivity index (χ3v) is 29.1. The van der Waals surface area contributed by atoms with Crippen molar-refractivity contribution in [3.05, 3.63) is 161 Å². The Labute approximate surface area is 749 Å². The molecule has 0 radical (unpaired) electrons. The van der Waals surface area contributed by atoms with Crippen LogP contribution in [0.1, 0.15) is 165 Å². The number of likely N-dealkylation sites (tertiary alicyclic amines) is 1. The largest absolute Gasteiger partial charge is 0.354 e. The first kappa shape index (κ1) is 91.3. The minimum Gasteiger partial charge on any atom is -0.354 e. The van der Waals surface area contributed by atoms with Crippen molar-refractivity contribution in [2.45, 2.75) is 175 Å². The topological polar surface area (TPSA) is 304 Å². The van der Waals surface area contributed by atoms with Gasteiger partial charge in [0.25, 0.3) is 0 Å². The monoisotopic (exact) mass is 1780 g/mol. The number of nitrogens with one attached hydrogen (secondary N) is 1. The Hall–Kier alpha value is -10.9. The molecule has 0 bridgehead atoms. The molecule has 4 saturated heterocycles. The summed E-state index contributed by atoms with van der Waals surface area (Å²) >= 11 is 4.87. The standard InChI is InChI=1S/C32H39N7O4S2.C31H39N7O2S.C30H37N7O2S/c1-5-36(6-2)21(3)9-10-28(40)22-16-26(24-18-33-39-14-11-25(35-31(24)39)29-8-7-15-44-29)34-30(17-22)38-13-12-27(38)32(41)37-19-23(20-37)45(4,42)43;1-5-14-32-31(40)26-13-15-37(26)29-19-22(27(39)11-10-21(4)36(6-2)7-3)18-25(34-29)23-20-33-38-16-12-24(35-30(23)38)28-9-8-17-41-28;1-6-35(7-2)20(3)10-11-26(38)21-17-24(32-28(18-21)36-14-13-25(36)30(39)34(4)5)22-19-31-37-15-12-23(33-29(22)37)27-9-8-16-40-27/h7-8,11,14-18,21,23,27H,5-6,9-10,12-13,19-20H2,1-4H3;8-9,12,16-21,26H,5-7,10-11,13-15H2,1-4H3,(H,32,40);8-9,12,15-20,25H,6-7,10-11,13-14H2,1-5H3/t21-,27-;21-,26-;20-,25-/m000/s1. The van der Waals surface area contributed by atoms with Crippen molar-refractivity contribution in [2.24, 2.45) is 0 Å². The molecule has 3 amide bonds. The zero-order valence-electron chi connectivity index (χ0n) is 74.3. The lowest BCUT2D eigenvalue weighted by Crippen LogP contribution is -2.64. The van der Waals surface area contributed by atoms with E-state index in [4.69, 9.17) is 29.9 Å². The van der Waals surface area contributed by atoms with E-state index in [1.807, 2.05) is 141 Å². The number of amides is 3. The van der Waals surface area contributed by atoms with Crippen LogP contribution in [0.2, 0.25) is 0 Å². The summed E-state index contributed by atoms with van der Waals surface area (Å²) < 4.78 is 29.0. The Kier molecular flexibility index (Phi) is 29.5. The molecule has 4 aliphatic heterocycles. The average molecular weight is 1780 g/mol. The van der Waals surface area contributed by atoms with Gasteiger partial charge in [-0.1, -0.05) is 66.7 Å². The van der Waals surface area contributed by atoms with Crippen LogP contribution in [0.3, 0.4) is 0 Å². The number of likely N-dealkylation sites (N-methyl/N-ethyl adjacent to an activating group) is 1. The molecule has 16 heterocycles. The minimum atomic E-state index is -3.19. The maximum absolute atomic E-state index is 13.7. The zero-order valence-corrected chi connectivity index (χ0v) is 77.6. The normalized spacial score (nSPS) is 16.5. The van der Waals surface area contributed by atoms with Crippen molar-refractivity contribution in [1.82, 2.24) is 88.6 Å². The Balaban J connectivity index is 0.000000154. The van der Waals surface area contributed by atoms with E-state index in [1.54, 1.807) is 96.1 Å². The van der Waals surface area contributed by atoms with E-state index in [1.165, 1.54) is 6.26 Å². The highest BCUT2D eigenvalue weighted by Crippen LogP contribution is 2.39. The predicted octanol–water partition coefficient (Wildman–Crippen LogP) is 14.2. The first-order chi connectivity index (χ1) is 60.8. The van der Waals surface area contributed by atoms with E-state index in [2.05, 4.69) is 97.6 Å².